The number of rotatable bonds is 3. The summed E-state index contributed by atoms with van der Waals surface area (Å²) in [5.41, 5.74) is 1.82. The minimum Gasteiger partial charge on any atom is -0.301 e. The molecule has 6 heteroatoms. The van der Waals surface area contributed by atoms with E-state index in [-0.39, 0.29) is 0 Å². The van der Waals surface area contributed by atoms with E-state index in [1.807, 2.05) is 6.07 Å². The van der Waals surface area contributed by atoms with Gasteiger partial charge in [0.1, 0.15) is 5.65 Å². The fraction of sp³-hybridized carbons (Fsp3) is 0.100. The lowest BCUT2D eigenvalue weighted by atomic mass is 10.1. The highest BCUT2D eigenvalue weighted by atomic mass is 19.4. The van der Waals surface area contributed by atoms with Crippen LogP contribution in [0.5, 0.6) is 0 Å². The summed E-state index contributed by atoms with van der Waals surface area (Å²) in [7, 11) is 0. The fourth-order valence-corrected chi connectivity index (χ4v) is 2.63. The van der Waals surface area contributed by atoms with Gasteiger partial charge in [-0.05, 0) is 48.9 Å². The number of nitriles is 1. The Hall–Kier alpha value is -3.33. The van der Waals surface area contributed by atoms with Crippen LogP contribution in [0.15, 0.2) is 66.5 Å². The van der Waals surface area contributed by atoms with E-state index >= 15 is 0 Å². The number of aromatic nitrogens is 2. The van der Waals surface area contributed by atoms with E-state index in [0.717, 1.165) is 17.5 Å². The molecule has 0 fully saturated rings. The second-order valence-electron chi connectivity index (χ2n) is 5.83. The number of hydrogen-bond acceptors (Lipinski definition) is 2. The summed E-state index contributed by atoms with van der Waals surface area (Å²) in [6.07, 6.45) is 0.483. The third kappa shape index (κ3) is 3.24. The van der Waals surface area contributed by atoms with Crippen molar-refractivity contribution in [2.75, 3.05) is 0 Å². The van der Waals surface area contributed by atoms with E-state index in [0.29, 0.717) is 28.0 Å². The fourth-order valence-electron chi connectivity index (χ4n) is 2.63. The Labute approximate surface area is 148 Å². The standard InChI is InChI=1S/C20H14F3N3/c1-13(2)14(11-24)9-15-12-26(19-18(15)7-4-8-25-19)17-6-3-5-16(10-17)20(21,22)23/h3-10,12H,1H2,2H3/b14-9+. The Morgan fingerprint density at radius 2 is 2.04 bits per heavy atom. The van der Waals surface area contributed by atoms with Crippen LogP contribution in [0.1, 0.15) is 18.1 Å². The van der Waals surface area contributed by atoms with Crippen LogP contribution in [0.4, 0.5) is 13.2 Å². The van der Waals surface area contributed by atoms with Crippen LogP contribution in [0, 0.1) is 11.3 Å². The number of allylic oxidation sites excluding steroid dienone is 2. The van der Waals surface area contributed by atoms with Crippen LogP contribution in [0.2, 0.25) is 0 Å². The zero-order valence-electron chi connectivity index (χ0n) is 13.9. The van der Waals surface area contributed by atoms with Crippen LogP contribution in [0.25, 0.3) is 22.8 Å². The normalized spacial score (nSPS) is 12.2. The largest absolute Gasteiger partial charge is 0.416 e. The molecular formula is C20H14F3N3. The second kappa shape index (κ2) is 6.52. The van der Waals surface area contributed by atoms with Crippen LogP contribution in [0.3, 0.4) is 0 Å². The van der Waals surface area contributed by atoms with Gasteiger partial charge in [-0.3, -0.25) is 0 Å². The molecule has 0 amide bonds. The Morgan fingerprint density at radius 1 is 1.27 bits per heavy atom. The number of fused-ring (bicyclic) bond motifs is 1. The summed E-state index contributed by atoms with van der Waals surface area (Å²) in [5, 5.41) is 9.99. The van der Waals surface area contributed by atoms with Crippen LogP contribution >= 0.6 is 0 Å². The summed E-state index contributed by atoms with van der Waals surface area (Å²) < 4.78 is 40.7. The van der Waals surface area contributed by atoms with Crippen molar-refractivity contribution in [1.82, 2.24) is 9.55 Å². The maximum absolute atomic E-state index is 13.0. The molecule has 1 aromatic carbocycles. The average molecular weight is 353 g/mol. The first kappa shape index (κ1) is 17.5. The highest BCUT2D eigenvalue weighted by Crippen LogP contribution is 2.32. The van der Waals surface area contributed by atoms with Crippen molar-refractivity contribution >= 4 is 17.1 Å². The quantitative estimate of drug-likeness (QED) is 0.459. The smallest absolute Gasteiger partial charge is 0.301 e. The average Bonchev–Trinajstić information content (AvgIpc) is 2.97. The molecule has 0 atom stereocenters. The lowest BCUT2D eigenvalue weighted by Crippen LogP contribution is -2.06. The van der Waals surface area contributed by atoms with Crippen molar-refractivity contribution in [3.8, 4) is 11.8 Å². The Morgan fingerprint density at radius 3 is 2.69 bits per heavy atom. The predicted molar refractivity (Wildman–Crippen MR) is 94.5 cm³/mol. The van der Waals surface area contributed by atoms with Crippen molar-refractivity contribution in [2.45, 2.75) is 13.1 Å². The first-order valence-corrected chi connectivity index (χ1v) is 7.72. The topological polar surface area (TPSA) is 41.6 Å². The molecule has 0 saturated carbocycles. The SMILES string of the molecule is C=C(C)/C(C#N)=C/c1cn(-c2cccc(C(F)(F)F)c2)c2ncccc12. The number of pyridine rings is 1. The molecule has 3 rings (SSSR count). The summed E-state index contributed by atoms with van der Waals surface area (Å²) in [6, 6.07) is 10.7. The van der Waals surface area contributed by atoms with Crippen molar-refractivity contribution < 1.29 is 13.2 Å². The molecule has 0 N–H and O–H groups in total. The number of nitrogens with zero attached hydrogens (tertiary/aromatic N) is 3. The van der Waals surface area contributed by atoms with E-state index < -0.39 is 11.7 Å². The van der Waals surface area contributed by atoms with Crippen molar-refractivity contribution in [1.29, 1.82) is 5.26 Å². The highest BCUT2D eigenvalue weighted by Gasteiger charge is 2.30. The van der Waals surface area contributed by atoms with Gasteiger partial charge >= 0.3 is 6.18 Å². The van der Waals surface area contributed by atoms with Gasteiger partial charge in [-0.2, -0.15) is 18.4 Å². The van der Waals surface area contributed by atoms with E-state index in [1.165, 1.54) is 6.07 Å². The maximum Gasteiger partial charge on any atom is 0.416 e. The van der Waals surface area contributed by atoms with Crippen LogP contribution in [-0.2, 0) is 6.18 Å². The molecule has 0 radical (unpaired) electrons. The van der Waals surface area contributed by atoms with Gasteiger partial charge in [0.2, 0.25) is 0 Å². The van der Waals surface area contributed by atoms with Gasteiger partial charge in [-0.1, -0.05) is 12.6 Å². The maximum atomic E-state index is 13.0. The van der Waals surface area contributed by atoms with E-state index in [9.17, 15) is 18.4 Å². The molecule has 0 unspecified atom stereocenters. The van der Waals surface area contributed by atoms with Crippen molar-refractivity contribution in [2.24, 2.45) is 0 Å². The van der Waals surface area contributed by atoms with Crippen molar-refractivity contribution in [3.63, 3.8) is 0 Å². The number of benzene rings is 1. The molecule has 3 aromatic rings. The zero-order valence-corrected chi connectivity index (χ0v) is 13.9. The van der Waals surface area contributed by atoms with E-state index in [4.69, 9.17) is 0 Å². The first-order valence-electron chi connectivity index (χ1n) is 7.72. The number of halogens is 3. The van der Waals surface area contributed by atoms with Crippen molar-refractivity contribution in [3.05, 3.63) is 77.6 Å². The summed E-state index contributed by atoms with van der Waals surface area (Å²) in [6.45, 7) is 5.49. The molecule has 0 spiro atoms. The third-order valence-electron chi connectivity index (χ3n) is 3.93. The Kier molecular flexibility index (Phi) is 4.39. The number of alkyl halides is 3. The summed E-state index contributed by atoms with van der Waals surface area (Å²) >= 11 is 0. The minimum atomic E-state index is -4.43. The minimum absolute atomic E-state index is 0.344. The zero-order chi connectivity index (χ0) is 18.9. The predicted octanol–water partition coefficient (Wildman–Crippen LogP) is 5.53. The molecule has 0 bridgehead atoms. The summed E-state index contributed by atoms with van der Waals surface area (Å²) in [5.74, 6) is 0. The molecule has 0 aliphatic heterocycles. The monoisotopic (exact) mass is 353 g/mol. The molecule has 130 valence electrons. The molecule has 26 heavy (non-hydrogen) atoms. The Bertz CT molecular complexity index is 1070. The highest BCUT2D eigenvalue weighted by molar-refractivity contribution is 5.89. The van der Waals surface area contributed by atoms with E-state index in [1.54, 1.807) is 42.1 Å². The number of hydrogen-bond donors (Lipinski definition) is 0. The van der Waals surface area contributed by atoms with Crippen LogP contribution < -0.4 is 0 Å². The van der Waals surface area contributed by atoms with E-state index in [2.05, 4.69) is 17.6 Å². The lowest BCUT2D eigenvalue weighted by Gasteiger charge is -2.10. The first-order chi connectivity index (χ1) is 12.3. The molecule has 2 aromatic heterocycles. The second-order valence-corrected chi connectivity index (χ2v) is 5.83. The lowest BCUT2D eigenvalue weighted by molar-refractivity contribution is -0.137. The molecular weight excluding hydrogens is 339 g/mol. The molecule has 0 saturated heterocycles. The van der Waals surface area contributed by atoms with Gasteiger partial charge in [-0.25, -0.2) is 4.98 Å². The van der Waals surface area contributed by atoms with Gasteiger partial charge < -0.3 is 4.57 Å². The van der Waals surface area contributed by atoms with Gasteiger partial charge in [0.25, 0.3) is 0 Å². The van der Waals surface area contributed by atoms with Gasteiger partial charge in [0.15, 0.2) is 0 Å². The molecule has 3 nitrogen and oxygen atoms in total. The molecule has 0 aliphatic rings. The van der Waals surface area contributed by atoms with Crippen LogP contribution in [-0.4, -0.2) is 9.55 Å². The Balaban J connectivity index is 2.24. The van der Waals surface area contributed by atoms with Gasteiger partial charge in [0.05, 0.1) is 17.2 Å². The summed E-state index contributed by atoms with van der Waals surface area (Å²) in [4.78, 5) is 4.30. The molecule has 0 aliphatic carbocycles. The molecule has 2 heterocycles. The van der Waals surface area contributed by atoms with Gasteiger partial charge in [0, 0.05) is 29.0 Å². The van der Waals surface area contributed by atoms with Gasteiger partial charge in [-0.15, -0.1) is 0 Å². The third-order valence-corrected chi connectivity index (χ3v) is 3.93.